The molecular weight excluding hydrogens is 238 g/mol. The van der Waals surface area contributed by atoms with Gasteiger partial charge in [-0.3, -0.25) is 4.90 Å². The predicted octanol–water partition coefficient (Wildman–Crippen LogP) is 0.997. The van der Waals surface area contributed by atoms with E-state index in [-0.39, 0.29) is 0 Å². The quantitative estimate of drug-likeness (QED) is 0.852. The number of anilines is 2. The van der Waals surface area contributed by atoms with E-state index in [1.54, 1.807) is 0 Å². The highest BCUT2D eigenvalue weighted by Crippen LogP contribution is 2.31. The van der Waals surface area contributed by atoms with E-state index in [1.807, 2.05) is 0 Å². The lowest BCUT2D eigenvalue weighted by atomic mass is 10.3. The van der Waals surface area contributed by atoms with Gasteiger partial charge in [-0.1, -0.05) is 11.6 Å². The Kier molecular flexibility index (Phi) is 2.80. The average molecular weight is 254 g/mol. The van der Waals surface area contributed by atoms with Crippen molar-refractivity contribution in [2.75, 3.05) is 36.8 Å². The third-order valence-electron chi connectivity index (χ3n) is 3.48. The molecule has 1 aliphatic heterocycles. The first-order valence-electron chi connectivity index (χ1n) is 6.00. The molecule has 0 aromatic carbocycles. The maximum absolute atomic E-state index is 6.13. The van der Waals surface area contributed by atoms with E-state index in [9.17, 15) is 0 Å². The Labute approximate surface area is 106 Å². The van der Waals surface area contributed by atoms with Crippen LogP contribution in [0.5, 0.6) is 0 Å². The monoisotopic (exact) mass is 253 g/mol. The second kappa shape index (κ2) is 4.31. The molecule has 0 atom stereocenters. The first-order valence-corrected chi connectivity index (χ1v) is 6.38. The number of hydrogen-bond acceptors (Lipinski definition) is 5. The molecule has 0 bridgehead atoms. The summed E-state index contributed by atoms with van der Waals surface area (Å²) in [5.41, 5.74) is 5.69. The molecule has 0 unspecified atom stereocenters. The molecule has 1 saturated carbocycles. The van der Waals surface area contributed by atoms with E-state index in [4.69, 9.17) is 17.3 Å². The summed E-state index contributed by atoms with van der Waals surface area (Å²) in [7, 11) is 0. The topological polar surface area (TPSA) is 58.3 Å². The van der Waals surface area contributed by atoms with E-state index in [0.29, 0.717) is 10.8 Å². The van der Waals surface area contributed by atoms with E-state index in [1.165, 1.54) is 19.2 Å². The summed E-state index contributed by atoms with van der Waals surface area (Å²) in [6.07, 6.45) is 4.20. The molecule has 92 valence electrons. The van der Waals surface area contributed by atoms with Crippen molar-refractivity contribution in [1.29, 1.82) is 0 Å². The minimum atomic E-state index is 0.362. The highest BCUT2D eigenvalue weighted by atomic mass is 35.5. The maximum atomic E-state index is 6.13. The van der Waals surface area contributed by atoms with E-state index < -0.39 is 0 Å². The SMILES string of the molecule is Nc1ncnc(N2CCN(C3CC3)CC2)c1Cl. The smallest absolute Gasteiger partial charge is 0.153 e. The van der Waals surface area contributed by atoms with Crippen LogP contribution in [0.4, 0.5) is 11.6 Å². The third-order valence-corrected chi connectivity index (χ3v) is 3.84. The zero-order valence-corrected chi connectivity index (χ0v) is 10.4. The lowest BCUT2D eigenvalue weighted by molar-refractivity contribution is 0.247. The second-order valence-corrected chi connectivity index (χ2v) is 5.03. The van der Waals surface area contributed by atoms with Gasteiger partial charge in [0.2, 0.25) is 0 Å². The van der Waals surface area contributed by atoms with Gasteiger partial charge < -0.3 is 10.6 Å². The van der Waals surface area contributed by atoms with Gasteiger partial charge >= 0.3 is 0 Å². The molecule has 0 radical (unpaired) electrons. The first kappa shape index (κ1) is 11.0. The Balaban J connectivity index is 1.71. The highest BCUT2D eigenvalue weighted by Gasteiger charge is 2.31. The summed E-state index contributed by atoms with van der Waals surface area (Å²) in [4.78, 5) is 12.9. The van der Waals surface area contributed by atoms with Gasteiger partial charge in [-0.15, -0.1) is 0 Å². The molecule has 2 N–H and O–H groups in total. The molecule has 1 saturated heterocycles. The Hall–Kier alpha value is -1.07. The van der Waals surface area contributed by atoms with Crippen LogP contribution in [0.3, 0.4) is 0 Å². The standard InChI is InChI=1S/C11H16ClN5/c12-9-10(13)14-7-15-11(9)17-5-3-16(4-6-17)8-1-2-8/h7-8H,1-6H2,(H2,13,14,15). The van der Waals surface area contributed by atoms with Gasteiger partial charge in [-0.2, -0.15) is 0 Å². The second-order valence-electron chi connectivity index (χ2n) is 4.65. The Morgan fingerprint density at radius 2 is 1.88 bits per heavy atom. The molecule has 1 aliphatic carbocycles. The Bertz CT molecular complexity index is 412. The predicted molar refractivity (Wildman–Crippen MR) is 68.3 cm³/mol. The van der Waals surface area contributed by atoms with Crippen LogP contribution in [0.15, 0.2) is 6.33 Å². The van der Waals surface area contributed by atoms with Crippen LogP contribution in [0.1, 0.15) is 12.8 Å². The fourth-order valence-electron chi connectivity index (χ4n) is 2.33. The maximum Gasteiger partial charge on any atom is 0.153 e. The number of aromatic nitrogens is 2. The summed E-state index contributed by atoms with van der Waals surface area (Å²) in [5.74, 6) is 1.14. The molecular formula is C11H16ClN5. The normalized spacial score (nSPS) is 21.8. The number of piperazine rings is 1. The number of nitrogens with zero attached hydrogens (tertiary/aromatic N) is 4. The first-order chi connectivity index (χ1) is 8.25. The lowest BCUT2D eigenvalue weighted by Gasteiger charge is -2.35. The number of nitrogens with two attached hydrogens (primary N) is 1. The van der Waals surface area contributed by atoms with Crippen LogP contribution < -0.4 is 10.6 Å². The molecule has 0 amide bonds. The molecule has 6 heteroatoms. The van der Waals surface area contributed by atoms with Gasteiger partial charge in [-0.05, 0) is 12.8 Å². The molecule has 5 nitrogen and oxygen atoms in total. The molecule has 17 heavy (non-hydrogen) atoms. The largest absolute Gasteiger partial charge is 0.382 e. The van der Waals surface area contributed by atoms with Crippen LogP contribution >= 0.6 is 11.6 Å². The van der Waals surface area contributed by atoms with Gasteiger partial charge in [0, 0.05) is 32.2 Å². The van der Waals surface area contributed by atoms with Gasteiger partial charge in [0.05, 0.1) is 0 Å². The molecule has 1 aromatic heterocycles. The van der Waals surface area contributed by atoms with E-state index in [0.717, 1.165) is 38.0 Å². The highest BCUT2D eigenvalue weighted by molar-refractivity contribution is 6.35. The van der Waals surface area contributed by atoms with Crippen LogP contribution in [-0.4, -0.2) is 47.1 Å². The van der Waals surface area contributed by atoms with Crippen molar-refractivity contribution in [1.82, 2.24) is 14.9 Å². The summed E-state index contributed by atoms with van der Waals surface area (Å²) in [5, 5.41) is 0.479. The van der Waals surface area contributed by atoms with Crippen molar-refractivity contribution < 1.29 is 0 Å². The number of halogens is 1. The fourth-order valence-corrected chi connectivity index (χ4v) is 2.55. The molecule has 1 aromatic rings. The van der Waals surface area contributed by atoms with Gasteiger partial charge in [0.1, 0.15) is 17.2 Å². The average Bonchev–Trinajstić information content (AvgIpc) is 3.17. The van der Waals surface area contributed by atoms with Crippen LogP contribution in [0.25, 0.3) is 0 Å². The molecule has 3 rings (SSSR count). The Morgan fingerprint density at radius 1 is 1.18 bits per heavy atom. The minimum absolute atomic E-state index is 0.362. The summed E-state index contributed by atoms with van der Waals surface area (Å²) < 4.78 is 0. The summed E-state index contributed by atoms with van der Waals surface area (Å²) in [6, 6.07) is 0.836. The fraction of sp³-hybridized carbons (Fsp3) is 0.636. The summed E-state index contributed by atoms with van der Waals surface area (Å²) >= 11 is 6.13. The van der Waals surface area contributed by atoms with Crippen molar-refractivity contribution in [2.24, 2.45) is 0 Å². The van der Waals surface area contributed by atoms with Gasteiger partial charge in [0.15, 0.2) is 5.82 Å². The third kappa shape index (κ3) is 2.17. The van der Waals surface area contributed by atoms with Crippen molar-refractivity contribution in [3.63, 3.8) is 0 Å². The van der Waals surface area contributed by atoms with Gasteiger partial charge in [-0.25, -0.2) is 9.97 Å². The lowest BCUT2D eigenvalue weighted by Crippen LogP contribution is -2.47. The number of rotatable bonds is 2. The van der Waals surface area contributed by atoms with E-state index >= 15 is 0 Å². The van der Waals surface area contributed by atoms with Crippen molar-refractivity contribution in [3.8, 4) is 0 Å². The molecule has 2 heterocycles. The molecule has 2 fully saturated rings. The van der Waals surface area contributed by atoms with Gasteiger partial charge in [0.25, 0.3) is 0 Å². The van der Waals surface area contributed by atoms with Crippen LogP contribution in [0, 0.1) is 0 Å². The Morgan fingerprint density at radius 3 is 2.53 bits per heavy atom. The zero-order valence-electron chi connectivity index (χ0n) is 9.64. The number of hydrogen-bond donors (Lipinski definition) is 1. The van der Waals surface area contributed by atoms with Crippen molar-refractivity contribution in [2.45, 2.75) is 18.9 Å². The van der Waals surface area contributed by atoms with Crippen molar-refractivity contribution in [3.05, 3.63) is 11.3 Å². The molecule has 0 spiro atoms. The van der Waals surface area contributed by atoms with E-state index in [2.05, 4.69) is 19.8 Å². The van der Waals surface area contributed by atoms with Crippen molar-refractivity contribution >= 4 is 23.2 Å². The molecule has 2 aliphatic rings. The van der Waals surface area contributed by atoms with Crippen LogP contribution in [-0.2, 0) is 0 Å². The summed E-state index contributed by atoms with van der Waals surface area (Å²) in [6.45, 7) is 4.11. The minimum Gasteiger partial charge on any atom is -0.382 e. The number of nitrogen functional groups attached to an aromatic ring is 1. The zero-order chi connectivity index (χ0) is 11.8. The van der Waals surface area contributed by atoms with Crippen LogP contribution in [0.2, 0.25) is 5.02 Å².